The molecule has 1 aromatic carbocycles. The Bertz CT molecular complexity index is 621. The van der Waals surface area contributed by atoms with Crippen LogP contribution in [0.15, 0.2) is 23.1 Å². The zero-order chi connectivity index (χ0) is 14.9. The van der Waals surface area contributed by atoms with Gasteiger partial charge in [0.1, 0.15) is 5.75 Å². The van der Waals surface area contributed by atoms with E-state index in [1.165, 1.54) is 6.07 Å². The van der Waals surface area contributed by atoms with Gasteiger partial charge in [-0.25, -0.2) is 8.42 Å². The van der Waals surface area contributed by atoms with Crippen LogP contribution >= 0.6 is 0 Å². The van der Waals surface area contributed by atoms with Crippen LogP contribution in [-0.4, -0.2) is 37.6 Å². The molecule has 0 bridgehead atoms. The maximum Gasteiger partial charge on any atom is 0.238 e. The Morgan fingerprint density at radius 3 is 2.60 bits per heavy atom. The summed E-state index contributed by atoms with van der Waals surface area (Å²) in [5.41, 5.74) is 6.73. The number of hydrogen-bond acceptors (Lipinski definition) is 4. The van der Waals surface area contributed by atoms with Gasteiger partial charge in [0.15, 0.2) is 9.84 Å². The first-order chi connectivity index (χ1) is 9.35. The third-order valence-electron chi connectivity index (χ3n) is 3.47. The second-order valence-electron chi connectivity index (χ2n) is 5.21. The van der Waals surface area contributed by atoms with E-state index in [1.807, 2.05) is 6.92 Å². The molecule has 6 heteroatoms. The van der Waals surface area contributed by atoms with Crippen LogP contribution in [0.2, 0.25) is 0 Å². The summed E-state index contributed by atoms with van der Waals surface area (Å²) in [5.74, 6) is -0.846. The molecule has 1 amide bonds. The monoisotopic (exact) mass is 296 g/mol. The lowest BCUT2D eigenvalue weighted by Crippen LogP contribution is -2.37. The molecule has 0 aliphatic heterocycles. The van der Waals surface area contributed by atoms with Crippen molar-refractivity contribution in [1.29, 1.82) is 0 Å². The fourth-order valence-electron chi connectivity index (χ4n) is 2.26. The highest BCUT2D eigenvalue weighted by molar-refractivity contribution is 7.92. The lowest BCUT2D eigenvalue weighted by molar-refractivity contribution is -0.128. The molecule has 1 aliphatic rings. The van der Waals surface area contributed by atoms with Gasteiger partial charge in [-0.15, -0.1) is 0 Å². The maximum atomic E-state index is 12.4. The number of nitrogens with zero attached hydrogens (tertiary/aromatic N) is 1. The average molecular weight is 296 g/mol. The summed E-state index contributed by atoms with van der Waals surface area (Å²) in [5, 5.41) is 0. The Morgan fingerprint density at radius 2 is 2.05 bits per heavy atom. The first-order valence-electron chi connectivity index (χ1n) is 6.73. The Hall–Kier alpha value is -1.56. The van der Waals surface area contributed by atoms with E-state index < -0.39 is 15.6 Å². The zero-order valence-corrected chi connectivity index (χ0v) is 12.6. The van der Waals surface area contributed by atoms with Crippen molar-refractivity contribution in [2.45, 2.75) is 37.6 Å². The Balaban J connectivity index is 2.22. The summed E-state index contributed by atoms with van der Waals surface area (Å²) in [7, 11) is -3.69. The summed E-state index contributed by atoms with van der Waals surface area (Å²) in [6, 6.07) is 5.05. The Kier molecular flexibility index (Phi) is 4.04. The van der Waals surface area contributed by atoms with Gasteiger partial charge in [0.25, 0.3) is 0 Å². The molecule has 5 nitrogen and oxygen atoms in total. The van der Waals surface area contributed by atoms with E-state index in [-0.39, 0.29) is 22.5 Å². The summed E-state index contributed by atoms with van der Waals surface area (Å²) in [4.78, 5) is 13.8. The number of hydrogen-bond donors (Lipinski definition) is 1. The molecule has 0 saturated heterocycles. The number of anilines is 1. The van der Waals surface area contributed by atoms with E-state index in [0.29, 0.717) is 6.54 Å². The van der Waals surface area contributed by atoms with Gasteiger partial charge in [-0.05, 0) is 44.4 Å². The summed E-state index contributed by atoms with van der Waals surface area (Å²) >= 11 is 0. The van der Waals surface area contributed by atoms with Gasteiger partial charge in [0, 0.05) is 12.6 Å². The average Bonchev–Trinajstić information content (AvgIpc) is 3.17. The molecule has 0 heterocycles. The van der Waals surface area contributed by atoms with Crippen molar-refractivity contribution in [1.82, 2.24) is 4.90 Å². The molecule has 0 unspecified atom stereocenters. The molecule has 1 aromatic rings. The number of sulfone groups is 1. The molecular formula is C14H20N2O3S. The van der Waals surface area contributed by atoms with E-state index in [2.05, 4.69) is 0 Å². The minimum absolute atomic E-state index is 0.0534. The number of nitrogens with two attached hydrogens (primary N) is 1. The fraction of sp³-hybridized carbons (Fsp3) is 0.500. The van der Waals surface area contributed by atoms with Gasteiger partial charge in [0.05, 0.1) is 10.6 Å². The molecule has 1 fully saturated rings. The molecule has 1 aliphatic carbocycles. The second-order valence-corrected chi connectivity index (χ2v) is 7.17. The second kappa shape index (κ2) is 5.44. The number of aryl methyl sites for hydroxylation is 1. The maximum absolute atomic E-state index is 12.4. The molecule has 0 spiro atoms. The van der Waals surface area contributed by atoms with Gasteiger partial charge < -0.3 is 10.6 Å². The third-order valence-corrected chi connectivity index (χ3v) is 5.12. The van der Waals surface area contributed by atoms with Crippen molar-refractivity contribution in [2.24, 2.45) is 0 Å². The van der Waals surface area contributed by atoms with E-state index >= 15 is 0 Å². The fourth-order valence-corrected chi connectivity index (χ4v) is 3.70. The van der Waals surface area contributed by atoms with Crippen LogP contribution in [0.3, 0.4) is 0 Å². The molecule has 20 heavy (non-hydrogen) atoms. The highest BCUT2D eigenvalue weighted by atomic mass is 32.2. The van der Waals surface area contributed by atoms with Crippen molar-refractivity contribution in [3.8, 4) is 0 Å². The molecule has 2 rings (SSSR count). The number of carbonyl (C=O) groups is 1. The molecule has 0 atom stereocenters. The lowest BCUT2D eigenvalue weighted by Gasteiger charge is -2.20. The first kappa shape index (κ1) is 14.8. The predicted octanol–water partition coefficient (Wildman–Crippen LogP) is 1.36. The minimum atomic E-state index is -3.69. The van der Waals surface area contributed by atoms with Crippen LogP contribution < -0.4 is 5.73 Å². The molecular weight excluding hydrogens is 276 g/mol. The van der Waals surface area contributed by atoms with Gasteiger partial charge >= 0.3 is 0 Å². The molecule has 1 saturated carbocycles. The van der Waals surface area contributed by atoms with Crippen LogP contribution in [0.4, 0.5) is 5.69 Å². The molecule has 0 aromatic heterocycles. The Morgan fingerprint density at radius 1 is 1.40 bits per heavy atom. The Labute approximate surface area is 119 Å². The number of nitrogen functional groups attached to an aromatic ring is 1. The van der Waals surface area contributed by atoms with Crippen LogP contribution in [0.5, 0.6) is 0 Å². The lowest BCUT2D eigenvalue weighted by atomic mass is 10.2. The molecule has 0 radical (unpaired) electrons. The zero-order valence-electron chi connectivity index (χ0n) is 11.8. The number of carbonyl (C=O) groups excluding carboxylic acids is 1. The van der Waals surface area contributed by atoms with Crippen LogP contribution in [0, 0.1) is 6.92 Å². The minimum Gasteiger partial charge on any atom is -0.398 e. The summed E-state index contributed by atoms with van der Waals surface area (Å²) in [6.07, 6.45) is 1.93. The van der Waals surface area contributed by atoms with Crippen molar-refractivity contribution in [3.05, 3.63) is 23.8 Å². The van der Waals surface area contributed by atoms with Gasteiger partial charge in [-0.1, -0.05) is 6.07 Å². The van der Waals surface area contributed by atoms with Crippen LogP contribution in [0.25, 0.3) is 0 Å². The van der Waals surface area contributed by atoms with Crippen molar-refractivity contribution in [2.75, 3.05) is 18.0 Å². The standard InChI is InChI=1S/C14H20N2O3S/c1-3-16(11-5-6-11)14(17)9-20(18,19)13-8-10(2)4-7-12(13)15/h4,7-8,11H,3,5-6,9,15H2,1-2H3. The number of benzene rings is 1. The van der Waals surface area contributed by atoms with Gasteiger partial charge in [0.2, 0.25) is 5.91 Å². The van der Waals surface area contributed by atoms with Crippen molar-refractivity contribution >= 4 is 21.4 Å². The van der Waals surface area contributed by atoms with Gasteiger partial charge in [-0.2, -0.15) is 0 Å². The normalized spacial score (nSPS) is 15.1. The molecule has 110 valence electrons. The number of amides is 1. The summed E-state index contributed by atoms with van der Waals surface area (Å²) < 4.78 is 24.7. The van der Waals surface area contributed by atoms with E-state index in [1.54, 1.807) is 24.0 Å². The van der Waals surface area contributed by atoms with Crippen LogP contribution in [0.1, 0.15) is 25.3 Å². The van der Waals surface area contributed by atoms with E-state index in [4.69, 9.17) is 5.73 Å². The highest BCUT2D eigenvalue weighted by Gasteiger charge is 2.34. The quantitative estimate of drug-likeness (QED) is 0.832. The molecule has 2 N–H and O–H groups in total. The summed E-state index contributed by atoms with van der Waals surface area (Å²) in [6.45, 7) is 4.20. The predicted molar refractivity (Wildman–Crippen MR) is 78.1 cm³/mol. The van der Waals surface area contributed by atoms with Crippen molar-refractivity contribution < 1.29 is 13.2 Å². The van der Waals surface area contributed by atoms with Crippen molar-refractivity contribution in [3.63, 3.8) is 0 Å². The smallest absolute Gasteiger partial charge is 0.238 e. The first-order valence-corrected chi connectivity index (χ1v) is 8.38. The third kappa shape index (κ3) is 3.12. The topological polar surface area (TPSA) is 80.5 Å². The van der Waals surface area contributed by atoms with E-state index in [0.717, 1.165) is 18.4 Å². The highest BCUT2D eigenvalue weighted by Crippen LogP contribution is 2.28. The van der Waals surface area contributed by atoms with Crippen LogP contribution in [-0.2, 0) is 14.6 Å². The van der Waals surface area contributed by atoms with E-state index in [9.17, 15) is 13.2 Å². The number of rotatable bonds is 5. The SMILES string of the molecule is CCN(C(=O)CS(=O)(=O)c1cc(C)ccc1N)C1CC1. The van der Waals surface area contributed by atoms with Gasteiger partial charge in [-0.3, -0.25) is 4.79 Å². The largest absolute Gasteiger partial charge is 0.398 e.